The van der Waals surface area contributed by atoms with Crippen LogP contribution in [0.5, 0.6) is 5.75 Å². The quantitative estimate of drug-likeness (QED) is 0.588. The molecule has 1 aliphatic rings. The first-order chi connectivity index (χ1) is 11.5. The van der Waals surface area contributed by atoms with Gasteiger partial charge in [0.1, 0.15) is 5.75 Å². The number of benzene rings is 1. The van der Waals surface area contributed by atoms with Gasteiger partial charge in [0.2, 0.25) is 0 Å². The van der Waals surface area contributed by atoms with Gasteiger partial charge >= 0.3 is 0 Å². The summed E-state index contributed by atoms with van der Waals surface area (Å²) >= 11 is 0. The molecule has 2 atom stereocenters. The molecule has 0 aliphatic heterocycles. The first-order valence-electron chi connectivity index (χ1n) is 8.46. The van der Waals surface area contributed by atoms with Crippen LogP contribution in [0.1, 0.15) is 25.8 Å². The highest BCUT2D eigenvalue weighted by Gasteiger charge is 2.33. The summed E-state index contributed by atoms with van der Waals surface area (Å²) in [5.74, 6) is 2.20. The second-order valence-corrected chi connectivity index (χ2v) is 6.38. The van der Waals surface area contributed by atoms with Crippen LogP contribution in [0.4, 0.5) is 0 Å². The Morgan fingerprint density at radius 1 is 1.42 bits per heavy atom. The molecule has 1 aromatic carbocycles. The molecular formula is C18H28N4O2. The Kier molecular flexibility index (Phi) is 6.46. The second kappa shape index (κ2) is 8.57. The molecule has 1 amide bonds. The number of hydrogen-bond acceptors (Lipinski definition) is 3. The summed E-state index contributed by atoms with van der Waals surface area (Å²) in [5, 5.41) is 6.71. The summed E-state index contributed by atoms with van der Waals surface area (Å²) in [5.41, 5.74) is 1.05. The minimum Gasteiger partial charge on any atom is -0.484 e. The van der Waals surface area contributed by atoms with Crippen molar-refractivity contribution >= 4 is 11.9 Å². The largest absolute Gasteiger partial charge is 0.484 e. The van der Waals surface area contributed by atoms with E-state index in [0.717, 1.165) is 24.0 Å². The molecule has 2 rings (SSSR count). The van der Waals surface area contributed by atoms with Gasteiger partial charge in [-0.2, -0.15) is 0 Å². The van der Waals surface area contributed by atoms with E-state index in [1.165, 1.54) is 11.3 Å². The van der Waals surface area contributed by atoms with Crippen molar-refractivity contribution in [3.63, 3.8) is 0 Å². The summed E-state index contributed by atoms with van der Waals surface area (Å²) in [6.45, 7) is 5.74. The highest BCUT2D eigenvalue weighted by atomic mass is 16.5. The van der Waals surface area contributed by atoms with Crippen molar-refractivity contribution in [3.05, 3.63) is 29.8 Å². The molecule has 0 saturated heterocycles. The van der Waals surface area contributed by atoms with Gasteiger partial charge in [0.15, 0.2) is 12.6 Å². The van der Waals surface area contributed by atoms with Crippen LogP contribution < -0.4 is 15.4 Å². The van der Waals surface area contributed by atoms with Crippen LogP contribution in [0.25, 0.3) is 0 Å². The number of guanidine groups is 1. The Bertz CT molecular complexity index is 586. The average molecular weight is 332 g/mol. The number of amides is 1. The van der Waals surface area contributed by atoms with Gasteiger partial charge < -0.3 is 20.3 Å². The molecule has 1 fully saturated rings. The molecule has 6 nitrogen and oxygen atoms in total. The van der Waals surface area contributed by atoms with E-state index in [1.54, 1.807) is 14.1 Å². The lowest BCUT2D eigenvalue weighted by Gasteiger charge is -2.12. The van der Waals surface area contributed by atoms with E-state index in [0.29, 0.717) is 18.3 Å². The van der Waals surface area contributed by atoms with Gasteiger partial charge in [-0.05, 0) is 37.0 Å². The summed E-state index contributed by atoms with van der Waals surface area (Å²) in [7, 11) is 3.43. The molecule has 24 heavy (non-hydrogen) atoms. The van der Waals surface area contributed by atoms with Crippen LogP contribution >= 0.6 is 0 Å². The summed E-state index contributed by atoms with van der Waals surface area (Å²) in [6.07, 6.45) is 1.20. The predicted octanol–water partition coefficient (Wildman–Crippen LogP) is 1.62. The zero-order valence-electron chi connectivity index (χ0n) is 15.0. The third-order valence-electron chi connectivity index (χ3n) is 3.96. The van der Waals surface area contributed by atoms with Crippen LogP contribution in [0.2, 0.25) is 0 Å². The van der Waals surface area contributed by atoms with Crippen LogP contribution in [-0.2, 0) is 11.3 Å². The Morgan fingerprint density at radius 2 is 2.17 bits per heavy atom. The molecule has 0 aromatic heterocycles. The predicted molar refractivity (Wildman–Crippen MR) is 96.2 cm³/mol. The second-order valence-electron chi connectivity index (χ2n) is 6.38. The minimum atomic E-state index is -0.0596. The molecule has 1 aromatic rings. The van der Waals surface area contributed by atoms with Gasteiger partial charge in [0.05, 0.1) is 6.54 Å². The first kappa shape index (κ1) is 18.1. The van der Waals surface area contributed by atoms with E-state index < -0.39 is 0 Å². The number of likely N-dealkylation sites (N-methyl/N-ethyl adjacent to an activating group) is 1. The van der Waals surface area contributed by atoms with Gasteiger partial charge in [-0.3, -0.25) is 4.79 Å². The third kappa shape index (κ3) is 5.76. The Balaban J connectivity index is 1.92. The van der Waals surface area contributed by atoms with Crippen LogP contribution in [0.3, 0.4) is 0 Å². The molecular weight excluding hydrogens is 304 g/mol. The number of aliphatic imine (C=N–C) groups is 1. The molecule has 0 radical (unpaired) electrons. The van der Waals surface area contributed by atoms with E-state index in [2.05, 4.69) is 29.5 Å². The molecule has 0 heterocycles. The number of nitrogens with one attached hydrogen (secondary N) is 2. The van der Waals surface area contributed by atoms with Gasteiger partial charge in [0.25, 0.3) is 5.91 Å². The third-order valence-corrected chi connectivity index (χ3v) is 3.96. The molecule has 2 N–H and O–H groups in total. The van der Waals surface area contributed by atoms with E-state index in [4.69, 9.17) is 4.74 Å². The van der Waals surface area contributed by atoms with Crippen molar-refractivity contribution in [2.24, 2.45) is 10.9 Å². The molecule has 132 valence electrons. The Morgan fingerprint density at radius 3 is 2.79 bits per heavy atom. The van der Waals surface area contributed by atoms with Crippen LogP contribution in [-0.4, -0.2) is 50.1 Å². The fourth-order valence-corrected chi connectivity index (χ4v) is 2.20. The molecule has 0 spiro atoms. The van der Waals surface area contributed by atoms with E-state index in [9.17, 15) is 4.79 Å². The first-order valence-corrected chi connectivity index (χ1v) is 8.46. The van der Waals surface area contributed by atoms with Gasteiger partial charge in [-0.1, -0.05) is 19.1 Å². The van der Waals surface area contributed by atoms with E-state index >= 15 is 0 Å². The monoisotopic (exact) mass is 332 g/mol. The minimum absolute atomic E-state index is 0.0451. The van der Waals surface area contributed by atoms with E-state index in [1.807, 2.05) is 24.3 Å². The number of carbonyl (C=O) groups excluding carboxylic acids is 1. The summed E-state index contributed by atoms with van der Waals surface area (Å²) in [6, 6.07) is 8.24. The van der Waals surface area contributed by atoms with Gasteiger partial charge in [-0.25, -0.2) is 4.99 Å². The molecule has 6 heteroatoms. The highest BCUT2D eigenvalue weighted by Crippen LogP contribution is 2.28. The SMILES string of the molecule is CCNC(=NCc1cccc(OCC(=O)N(C)C)c1)NC1CC1C. The van der Waals surface area contributed by atoms with Crippen molar-refractivity contribution < 1.29 is 9.53 Å². The number of rotatable bonds is 7. The van der Waals surface area contributed by atoms with E-state index in [-0.39, 0.29) is 12.5 Å². The van der Waals surface area contributed by atoms with Crippen LogP contribution in [0.15, 0.2) is 29.3 Å². The normalized spacial score (nSPS) is 19.6. The van der Waals surface area contributed by atoms with Crippen LogP contribution in [0, 0.1) is 5.92 Å². The molecule has 2 unspecified atom stereocenters. The topological polar surface area (TPSA) is 66.0 Å². The zero-order chi connectivity index (χ0) is 17.5. The van der Waals surface area contributed by atoms with Gasteiger partial charge in [-0.15, -0.1) is 0 Å². The maximum Gasteiger partial charge on any atom is 0.259 e. The summed E-state index contributed by atoms with van der Waals surface area (Å²) < 4.78 is 5.54. The lowest BCUT2D eigenvalue weighted by Crippen LogP contribution is -2.39. The van der Waals surface area contributed by atoms with Gasteiger partial charge in [0, 0.05) is 26.7 Å². The standard InChI is InChI=1S/C18H28N4O2/c1-5-19-18(21-16-9-13(16)2)20-11-14-7-6-8-15(10-14)24-12-17(23)22(3)4/h6-8,10,13,16H,5,9,11-12H2,1-4H3,(H2,19,20,21). The summed E-state index contributed by atoms with van der Waals surface area (Å²) in [4.78, 5) is 17.7. The van der Waals surface area contributed by atoms with Crippen molar-refractivity contribution in [3.8, 4) is 5.75 Å². The smallest absolute Gasteiger partial charge is 0.259 e. The fourth-order valence-electron chi connectivity index (χ4n) is 2.20. The molecule has 0 bridgehead atoms. The van der Waals surface area contributed by atoms with Crippen molar-refractivity contribution in [2.75, 3.05) is 27.2 Å². The van der Waals surface area contributed by atoms with Crippen molar-refractivity contribution in [1.29, 1.82) is 0 Å². The van der Waals surface area contributed by atoms with Crippen molar-refractivity contribution in [2.45, 2.75) is 32.9 Å². The molecule has 1 aliphatic carbocycles. The number of hydrogen-bond donors (Lipinski definition) is 2. The lowest BCUT2D eigenvalue weighted by atomic mass is 10.2. The average Bonchev–Trinajstić information content (AvgIpc) is 3.25. The maximum atomic E-state index is 11.6. The highest BCUT2D eigenvalue weighted by molar-refractivity contribution is 5.80. The lowest BCUT2D eigenvalue weighted by molar-refractivity contribution is -0.130. The number of nitrogens with zero attached hydrogens (tertiary/aromatic N) is 2. The fraction of sp³-hybridized carbons (Fsp3) is 0.556. The number of carbonyl (C=O) groups is 1. The Labute approximate surface area is 144 Å². The maximum absolute atomic E-state index is 11.6. The number of ether oxygens (including phenoxy) is 1. The zero-order valence-corrected chi connectivity index (χ0v) is 15.0. The Hall–Kier alpha value is -2.24. The molecule has 1 saturated carbocycles. The van der Waals surface area contributed by atoms with Crippen molar-refractivity contribution in [1.82, 2.24) is 15.5 Å².